The van der Waals surface area contributed by atoms with Crippen molar-refractivity contribution >= 4 is 28.5 Å². The van der Waals surface area contributed by atoms with Crippen LogP contribution in [0.3, 0.4) is 0 Å². The van der Waals surface area contributed by atoms with Crippen molar-refractivity contribution in [2.75, 3.05) is 0 Å². The molecule has 0 aliphatic heterocycles. The second-order valence-electron chi connectivity index (χ2n) is 3.05. The van der Waals surface area contributed by atoms with E-state index in [1.54, 1.807) is 12.1 Å². The van der Waals surface area contributed by atoms with Crippen LogP contribution >= 0.6 is 11.6 Å². The Morgan fingerprint density at radius 3 is 2.86 bits per heavy atom. The lowest BCUT2D eigenvalue weighted by molar-refractivity contribution is 0.0665. The maximum atomic E-state index is 10.7. The SMILES string of the molecule is Cc1ccc2c(Cl)c(C(=O)O)oc2c1. The third-order valence-electron chi connectivity index (χ3n) is 1.98. The van der Waals surface area contributed by atoms with Gasteiger partial charge in [0.1, 0.15) is 10.6 Å². The van der Waals surface area contributed by atoms with E-state index in [-0.39, 0.29) is 10.8 Å². The van der Waals surface area contributed by atoms with E-state index in [2.05, 4.69) is 0 Å². The topological polar surface area (TPSA) is 50.4 Å². The maximum absolute atomic E-state index is 10.7. The highest BCUT2D eigenvalue weighted by Crippen LogP contribution is 2.30. The summed E-state index contributed by atoms with van der Waals surface area (Å²) in [6.07, 6.45) is 0. The highest BCUT2D eigenvalue weighted by atomic mass is 35.5. The number of carbonyl (C=O) groups is 1. The van der Waals surface area contributed by atoms with E-state index in [0.717, 1.165) is 5.56 Å². The summed E-state index contributed by atoms with van der Waals surface area (Å²) in [6, 6.07) is 5.37. The van der Waals surface area contributed by atoms with Crippen LogP contribution in [0.15, 0.2) is 22.6 Å². The molecule has 0 atom stereocenters. The number of furan rings is 1. The summed E-state index contributed by atoms with van der Waals surface area (Å²) in [5.74, 6) is -1.35. The number of hydrogen-bond acceptors (Lipinski definition) is 2. The van der Waals surface area contributed by atoms with Crippen LogP contribution in [-0.4, -0.2) is 11.1 Å². The minimum atomic E-state index is -1.15. The van der Waals surface area contributed by atoms with E-state index >= 15 is 0 Å². The quantitative estimate of drug-likeness (QED) is 0.787. The second kappa shape index (κ2) is 3.03. The second-order valence-corrected chi connectivity index (χ2v) is 3.43. The first kappa shape index (κ1) is 9.09. The monoisotopic (exact) mass is 210 g/mol. The summed E-state index contributed by atoms with van der Waals surface area (Å²) in [5.41, 5.74) is 1.51. The highest BCUT2D eigenvalue weighted by Gasteiger charge is 2.17. The first-order valence-electron chi connectivity index (χ1n) is 4.01. The molecule has 72 valence electrons. The lowest BCUT2D eigenvalue weighted by Crippen LogP contribution is -1.93. The number of fused-ring (bicyclic) bond motifs is 1. The Labute approximate surface area is 84.9 Å². The van der Waals surface area contributed by atoms with Crippen LogP contribution in [0.25, 0.3) is 11.0 Å². The third kappa shape index (κ3) is 1.26. The summed E-state index contributed by atoms with van der Waals surface area (Å²) in [7, 11) is 0. The van der Waals surface area contributed by atoms with Gasteiger partial charge in [-0.3, -0.25) is 0 Å². The van der Waals surface area contributed by atoms with E-state index in [9.17, 15) is 4.79 Å². The summed E-state index contributed by atoms with van der Waals surface area (Å²) in [5, 5.41) is 9.55. The first-order valence-corrected chi connectivity index (χ1v) is 4.39. The molecule has 2 aromatic rings. The Morgan fingerprint density at radius 1 is 1.50 bits per heavy atom. The average molecular weight is 211 g/mol. The van der Waals surface area contributed by atoms with Gasteiger partial charge in [-0.05, 0) is 24.6 Å². The average Bonchev–Trinajstić information content (AvgIpc) is 2.43. The van der Waals surface area contributed by atoms with Crippen molar-refractivity contribution < 1.29 is 14.3 Å². The van der Waals surface area contributed by atoms with Gasteiger partial charge in [-0.2, -0.15) is 0 Å². The van der Waals surface area contributed by atoms with Gasteiger partial charge < -0.3 is 9.52 Å². The molecule has 0 bridgehead atoms. The smallest absolute Gasteiger partial charge is 0.373 e. The number of aryl methyl sites for hydroxylation is 1. The van der Waals surface area contributed by atoms with Gasteiger partial charge in [0.2, 0.25) is 5.76 Å². The van der Waals surface area contributed by atoms with Gasteiger partial charge in [0, 0.05) is 5.39 Å². The molecule has 1 aromatic carbocycles. The molecule has 1 heterocycles. The molecule has 3 nitrogen and oxygen atoms in total. The molecule has 1 N–H and O–H groups in total. The Kier molecular flexibility index (Phi) is 1.97. The van der Waals surface area contributed by atoms with Crippen molar-refractivity contribution in [1.29, 1.82) is 0 Å². The van der Waals surface area contributed by atoms with E-state index in [1.807, 2.05) is 13.0 Å². The van der Waals surface area contributed by atoms with Crippen molar-refractivity contribution in [2.45, 2.75) is 6.92 Å². The number of hydrogen-bond donors (Lipinski definition) is 1. The molecule has 0 radical (unpaired) electrons. The fourth-order valence-corrected chi connectivity index (χ4v) is 1.59. The minimum absolute atomic E-state index is 0.160. The fraction of sp³-hybridized carbons (Fsp3) is 0.100. The van der Waals surface area contributed by atoms with Crippen molar-refractivity contribution in [1.82, 2.24) is 0 Å². The van der Waals surface area contributed by atoms with Crippen LogP contribution in [0.4, 0.5) is 0 Å². The lowest BCUT2D eigenvalue weighted by atomic mass is 10.2. The van der Waals surface area contributed by atoms with E-state index < -0.39 is 5.97 Å². The number of halogens is 1. The van der Waals surface area contributed by atoms with Gasteiger partial charge in [-0.1, -0.05) is 17.7 Å². The molecule has 14 heavy (non-hydrogen) atoms. The molecule has 0 amide bonds. The molecule has 0 aliphatic carbocycles. The minimum Gasteiger partial charge on any atom is -0.475 e. The number of carboxylic acids is 1. The van der Waals surface area contributed by atoms with Gasteiger partial charge >= 0.3 is 5.97 Å². The Balaban J connectivity index is 2.79. The molecule has 0 saturated heterocycles. The van der Waals surface area contributed by atoms with E-state index in [1.165, 1.54) is 0 Å². The van der Waals surface area contributed by atoms with Crippen LogP contribution in [0, 0.1) is 6.92 Å². The zero-order chi connectivity index (χ0) is 10.3. The summed E-state index contributed by atoms with van der Waals surface area (Å²) in [6.45, 7) is 1.90. The van der Waals surface area contributed by atoms with Gasteiger partial charge in [0.25, 0.3) is 0 Å². The maximum Gasteiger partial charge on any atom is 0.373 e. The molecular formula is C10H7ClO3. The number of rotatable bonds is 1. The Hall–Kier alpha value is -1.48. The molecule has 0 fully saturated rings. The summed E-state index contributed by atoms with van der Waals surface area (Å²) >= 11 is 5.83. The lowest BCUT2D eigenvalue weighted by Gasteiger charge is -1.89. The van der Waals surface area contributed by atoms with Crippen molar-refractivity contribution in [3.05, 3.63) is 34.5 Å². The van der Waals surface area contributed by atoms with Crippen LogP contribution < -0.4 is 0 Å². The molecular weight excluding hydrogens is 204 g/mol. The van der Waals surface area contributed by atoms with Crippen molar-refractivity contribution in [3.8, 4) is 0 Å². The highest BCUT2D eigenvalue weighted by molar-refractivity contribution is 6.38. The third-order valence-corrected chi connectivity index (χ3v) is 2.35. The zero-order valence-electron chi connectivity index (χ0n) is 7.37. The van der Waals surface area contributed by atoms with Gasteiger partial charge in [0.15, 0.2) is 0 Å². The summed E-state index contributed by atoms with van der Waals surface area (Å²) in [4.78, 5) is 10.7. The number of aromatic carboxylic acids is 1. The standard InChI is InChI=1S/C10H7ClO3/c1-5-2-3-6-7(4-5)14-9(8(6)11)10(12)13/h2-4H,1H3,(H,12,13). The van der Waals surface area contributed by atoms with Gasteiger partial charge in [-0.25, -0.2) is 4.79 Å². The van der Waals surface area contributed by atoms with Gasteiger partial charge in [0.05, 0.1) is 0 Å². The van der Waals surface area contributed by atoms with E-state index in [4.69, 9.17) is 21.1 Å². The van der Waals surface area contributed by atoms with Crippen molar-refractivity contribution in [2.24, 2.45) is 0 Å². The fourth-order valence-electron chi connectivity index (χ4n) is 1.31. The zero-order valence-corrected chi connectivity index (χ0v) is 8.13. The normalized spacial score (nSPS) is 10.7. The Morgan fingerprint density at radius 2 is 2.21 bits per heavy atom. The molecule has 2 rings (SSSR count). The number of benzene rings is 1. The van der Waals surface area contributed by atoms with Crippen LogP contribution in [0.2, 0.25) is 5.02 Å². The predicted octanol–water partition coefficient (Wildman–Crippen LogP) is 3.09. The van der Waals surface area contributed by atoms with Crippen LogP contribution in [-0.2, 0) is 0 Å². The van der Waals surface area contributed by atoms with Gasteiger partial charge in [-0.15, -0.1) is 0 Å². The molecule has 0 saturated carbocycles. The molecule has 0 aliphatic rings. The molecule has 4 heteroatoms. The molecule has 0 unspecified atom stereocenters. The predicted molar refractivity (Wildman–Crippen MR) is 52.9 cm³/mol. The Bertz CT molecular complexity index is 513. The molecule has 0 spiro atoms. The largest absolute Gasteiger partial charge is 0.475 e. The van der Waals surface area contributed by atoms with Crippen molar-refractivity contribution in [3.63, 3.8) is 0 Å². The van der Waals surface area contributed by atoms with E-state index in [0.29, 0.717) is 11.0 Å². The van der Waals surface area contributed by atoms with Crippen LogP contribution in [0.5, 0.6) is 0 Å². The van der Waals surface area contributed by atoms with Crippen LogP contribution in [0.1, 0.15) is 16.1 Å². The first-order chi connectivity index (χ1) is 6.59. The summed E-state index contributed by atoms with van der Waals surface area (Å²) < 4.78 is 5.11. The number of carboxylic acid groups (broad SMARTS) is 1. The molecule has 1 aromatic heterocycles.